The highest BCUT2D eigenvalue weighted by atomic mass is 16.6. The number of para-hydroxylation sites is 2. The molecule has 3 heterocycles. The van der Waals surface area contributed by atoms with Gasteiger partial charge < -0.3 is 18.9 Å². The van der Waals surface area contributed by atoms with Gasteiger partial charge in [-0.25, -0.2) is 0 Å². The van der Waals surface area contributed by atoms with Crippen LogP contribution in [0.1, 0.15) is 81.6 Å². The van der Waals surface area contributed by atoms with Gasteiger partial charge in [-0.1, -0.05) is 74.4 Å². The minimum absolute atomic E-state index is 0.119. The molecular weight excluding hydrogens is 412 g/mol. The predicted octanol–water partition coefficient (Wildman–Crippen LogP) is 7.40. The first kappa shape index (κ1) is 28.0. The molecule has 0 aliphatic carbocycles. The molecule has 0 bridgehead atoms. The first-order valence-corrected chi connectivity index (χ1v) is 12.8. The van der Waals surface area contributed by atoms with Gasteiger partial charge >= 0.3 is 0 Å². The molecule has 1 aromatic rings. The SMILES string of the molecule is CC(C)(C)C1CCCOC1.CC(C)(C)C1CCOC1.CC(C)(C)C1COc2ccccc2O1. The number of fused-ring (bicyclic) bond motifs is 1. The Hall–Kier alpha value is -1.26. The second-order valence-electron chi connectivity index (χ2n) is 12.9. The van der Waals surface area contributed by atoms with Crippen molar-refractivity contribution in [2.75, 3.05) is 33.0 Å². The fraction of sp³-hybridized carbons (Fsp3) is 0.793. The predicted molar refractivity (Wildman–Crippen MR) is 137 cm³/mol. The van der Waals surface area contributed by atoms with Gasteiger partial charge in [-0.05, 0) is 54.1 Å². The molecule has 3 atom stereocenters. The maximum atomic E-state index is 5.87. The van der Waals surface area contributed by atoms with E-state index in [0.29, 0.717) is 17.4 Å². The van der Waals surface area contributed by atoms with Crippen LogP contribution in [0.2, 0.25) is 0 Å². The summed E-state index contributed by atoms with van der Waals surface area (Å²) in [4.78, 5) is 0. The minimum Gasteiger partial charge on any atom is -0.486 e. The van der Waals surface area contributed by atoms with Crippen LogP contribution in [0.15, 0.2) is 24.3 Å². The van der Waals surface area contributed by atoms with E-state index in [1.807, 2.05) is 24.3 Å². The lowest BCUT2D eigenvalue weighted by Gasteiger charge is -2.34. The first-order valence-electron chi connectivity index (χ1n) is 12.8. The lowest BCUT2D eigenvalue weighted by molar-refractivity contribution is 0.0103. The Balaban J connectivity index is 0.000000181. The fourth-order valence-electron chi connectivity index (χ4n) is 4.09. The summed E-state index contributed by atoms with van der Waals surface area (Å²) in [5.74, 6) is 3.28. The van der Waals surface area contributed by atoms with Crippen molar-refractivity contribution in [2.45, 2.75) is 87.7 Å². The number of rotatable bonds is 0. The van der Waals surface area contributed by atoms with Gasteiger partial charge in [0.05, 0.1) is 0 Å². The molecule has 33 heavy (non-hydrogen) atoms. The molecule has 0 spiro atoms. The molecule has 0 radical (unpaired) electrons. The molecule has 0 saturated carbocycles. The molecule has 1 aromatic carbocycles. The molecule has 0 aromatic heterocycles. The standard InChI is InChI=1S/C12H16O2.C9H18O.C8H16O/c1-12(2,3)11-8-13-9-6-4-5-7-10(9)14-11;1-9(2,3)8-5-4-6-10-7-8;1-8(2,3)7-4-5-9-6-7/h4-7,11H,8H2,1-3H3;8H,4-7H2,1-3H3;7H,4-6H2,1-3H3. The van der Waals surface area contributed by atoms with Gasteiger partial charge in [0.15, 0.2) is 11.5 Å². The van der Waals surface area contributed by atoms with Crippen LogP contribution in [0.5, 0.6) is 11.5 Å². The van der Waals surface area contributed by atoms with Crippen molar-refractivity contribution in [2.24, 2.45) is 28.1 Å². The zero-order chi connectivity index (χ0) is 24.7. The van der Waals surface area contributed by atoms with Crippen molar-refractivity contribution < 1.29 is 18.9 Å². The lowest BCUT2D eigenvalue weighted by Crippen LogP contribution is -2.39. The summed E-state index contributed by atoms with van der Waals surface area (Å²) in [6.45, 7) is 24.8. The van der Waals surface area contributed by atoms with E-state index in [4.69, 9.17) is 18.9 Å². The third-order valence-corrected chi connectivity index (χ3v) is 7.01. The van der Waals surface area contributed by atoms with E-state index in [9.17, 15) is 0 Å². The molecule has 2 fully saturated rings. The monoisotopic (exact) mass is 462 g/mol. The third-order valence-electron chi connectivity index (χ3n) is 7.01. The van der Waals surface area contributed by atoms with Gasteiger partial charge in [0.25, 0.3) is 0 Å². The average molecular weight is 463 g/mol. The Bertz CT molecular complexity index is 681. The third kappa shape index (κ3) is 9.48. The second kappa shape index (κ2) is 11.9. The largest absolute Gasteiger partial charge is 0.486 e. The number of benzene rings is 1. The normalized spacial score (nSPS) is 25.3. The van der Waals surface area contributed by atoms with Gasteiger partial charge in [0.1, 0.15) is 12.7 Å². The average Bonchev–Trinajstić information content (AvgIpc) is 3.29. The summed E-state index contributed by atoms with van der Waals surface area (Å²) in [5, 5.41) is 0. The number of ether oxygens (including phenoxy) is 4. The Morgan fingerprint density at radius 2 is 1.18 bits per heavy atom. The summed E-state index contributed by atoms with van der Waals surface area (Å²) < 4.78 is 22.2. The molecular formula is C29H50O4. The summed E-state index contributed by atoms with van der Waals surface area (Å²) in [6.07, 6.45) is 3.99. The van der Waals surface area contributed by atoms with Crippen LogP contribution in [0.25, 0.3) is 0 Å². The highest BCUT2D eigenvalue weighted by Gasteiger charge is 2.31. The quantitative estimate of drug-likeness (QED) is 0.402. The van der Waals surface area contributed by atoms with Gasteiger partial charge in [-0.2, -0.15) is 0 Å². The molecule has 0 N–H and O–H groups in total. The highest BCUT2D eigenvalue weighted by molar-refractivity contribution is 5.40. The van der Waals surface area contributed by atoms with Gasteiger partial charge in [-0.3, -0.25) is 0 Å². The zero-order valence-corrected chi connectivity index (χ0v) is 22.8. The van der Waals surface area contributed by atoms with Crippen molar-refractivity contribution in [3.05, 3.63) is 24.3 Å². The van der Waals surface area contributed by atoms with Crippen molar-refractivity contribution in [3.63, 3.8) is 0 Å². The van der Waals surface area contributed by atoms with Crippen LogP contribution < -0.4 is 9.47 Å². The van der Waals surface area contributed by atoms with Crippen LogP contribution >= 0.6 is 0 Å². The maximum Gasteiger partial charge on any atom is 0.161 e. The van der Waals surface area contributed by atoms with Gasteiger partial charge in [0, 0.05) is 31.8 Å². The summed E-state index contributed by atoms with van der Waals surface area (Å²) in [5.41, 5.74) is 1.02. The van der Waals surface area contributed by atoms with Crippen molar-refractivity contribution >= 4 is 0 Å². The van der Waals surface area contributed by atoms with Gasteiger partial charge in [0.2, 0.25) is 0 Å². The molecule has 4 heteroatoms. The Morgan fingerprint density at radius 3 is 1.58 bits per heavy atom. The molecule has 2 saturated heterocycles. The van der Waals surface area contributed by atoms with Crippen LogP contribution in [0.4, 0.5) is 0 Å². The topological polar surface area (TPSA) is 36.9 Å². The zero-order valence-electron chi connectivity index (χ0n) is 22.8. The highest BCUT2D eigenvalue weighted by Crippen LogP contribution is 2.36. The van der Waals surface area contributed by atoms with Crippen molar-refractivity contribution in [1.82, 2.24) is 0 Å². The molecule has 3 aliphatic heterocycles. The summed E-state index contributed by atoms with van der Waals surface area (Å²) in [6, 6.07) is 7.81. The molecule has 3 unspecified atom stereocenters. The second-order valence-corrected chi connectivity index (χ2v) is 12.9. The summed E-state index contributed by atoms with van der Waals surface area (Å²) in [7, 11) is 0. The Morgan fingerprint density at radius 1 is 0.636 bits per heavy atom. The molecule has 4 nitrogen and oxygen atoms in total. The van der Waals surface area contributed by atoms with E-state index in [-0.39, 0.29) is 11.5 Å². The first-order chi connectivity index (χ1) is 15.3. The van der Waals surface area contributed by atoms with Crippen LogP contribution in [-0.4, -0.2) is 39.1 Å². The summed E-state index contributed by atoms with van der Waals surface area (Å²) >= 11 is 0. The smallest absolute Gasteiger partial charge is 0.161 e. The molecule has 0 amide bonds. The Kier molecular flexibility index (Phi) is 10.1. The van der Waals surface area contributed by atoms with Crippen LogP contribution in [0.3, 0.4) is 0 Å². The minimum atomic E-state index is 0.119. The van der Waals surface area contributed by atoms with Crippen LogP contribution in [0, 0.1) is 28.1 Å². The fourth-order valence-corrected chi connectivity index (χ4v) is 4.09. The molecule has 190 valence electrons. The van der Waals surface area contributed by atoms with E-state index in [1.165, 1.54) is 19.3 Å². The van der Waals surface area contributed by atoms with Crippen molar-refractivity contribution in [1.29, 1.82) is 0 Å². The number of hydrogen-bond donors (Lipinski definition) is 0. The van der Waals surface area contributed by atoms with E-state index in [0.717, 1.165) is 49.8 Å². The maximum absolute atomic E-state index is 5.87. The van der Waals surface area contributed by atoms with E-state index >= 15 is 0 Å². The van der Waals surface area contributed by atoms with Gasteiger partial charge in [-0.15, -0.1) is 0 Å². The van der Waals surface area contributed by atoms with E-state index in [1.54, 1.807) is 0 Å². The molecule has 3 aliphatic rings. The molecule has 4 rings (SSSR count). The Labute approximate surface area is 203 Å². The van der Waals surface area contributed by atoms with Crippen LogP contribution in [-0.2, 0) is 9.47 Å². The van der Waals surface area contributed by atoms with Crippen molar-refractivity contribution in [3.8, 4) is 11.5 Å². The lowest BCUT2D eigenvalue weighted by atomic mass is 9.78. The number of hydrogen-bond acceptors (Lipinski definition) is 4. The van der Waals surface area contributed by atoms with E-state index in [2.05, 4.69) is 62.3 Å². The van der Waals surface area contributed by atoms with E-state index < -0.39 is 0 Å².